The average molecular weight is 330 g/mol. The summed E-state index contributed by atoms with van der Waals surface area (Å²) in [6, 6.07) is 9.64. The van der Waals surface area contributed by atoms with Crippen LogP contribution in [0.2, 0.25) is 0 Å². The summed E-state index contributed by atoms with van der Waals surface area (Å²) in [6.45, 7) is 0. The maximum Gasteiger partial charge on any atom is 0.338 e. The molecule has 0 spiro atoms. The van der Waals surface area contributed by atoms with Crippen molar-refractivity contribution >= 4 is 32.8 Å². The lowest BCUT2D eigenvalue weighted by Crippen LogP contribution is -2.00. The third-order valence-corrected chi connectivity index (χ3v) is 3.39. The highest BCUT2D eigenvalue weighted by molar-refractivity contribution is 9.10. The normalized spacial score (nSPS) is 10.7. The Morgan fingerprint density at radius 3 is 2.55 bits per heavy atom. The lowest BCUT2D eigenvalue weighted by atomic mass is 10.2. The van der Waals surface area contributed by atoms with E-state index in [0.717, 1.165) is 15.4 Å². The van der Waals surface area contributed by atoms with Gasteiger partial charge in [0.2, 0.25) is 0 Å². The largest absolute Gasteiger partial charge is 0.478 e. The Balaban J connectivity index is 2.13. The number of hydrogen-bond donors (Lipinski definition) is 1. The number of hydrogen-bond acceptors (Lipinski definition) is 4. The van der Waals surface area contributed by atoms with E-state index in [2.05, 4.69) is 30.9 Å². The predicted octanol–water partition coefficient (Wildman–Crippen LogP) is 3.15. The topological polar surface area (TPSA) is 76.0 Å². The number of carboxylic acids is 1. The average Bonchev–Trinajstić information content (AvgIpc) is 2.46. The smallest absolute Gasteiger partial charge is 0.338 e. The maximum absolute atomic E-state index is 10.8. The van der Waals surface area contributed by atoms with E-state index in [4.69, 9.17) is 5.11 Å². The zero-order valence-electron chi connectivity index (χ0n) is 10.1. The molecule has 20 heavy (non-hydrogen) atoms. The van der Waals surface area contributed by atoms with Crippen LogP contribution >= 0.6 is 15.9 Å². The summed E-state index contributed by atoms with van der Waals surface area (Å²) in [5, 5.41) is 9.84. The van der Waals surface area contributed by atoms with Crippen molar-refractivity contribution in [1.82, 2.24) is 15.0 Å². The second-order valence-electron chi connectivity index (χ2n) is 4.11. The number of para-hydroxylation sites is 1. The lowest BCUT2D eigenvalue weighted by molar-refractivity contribution is 0.0696. The van der Waals surface area contributed by atoms with Crippen LogP contribution in [0.4, 0.5) is 0 Å². The van der Waals surface area contributed by atoms with Gasteiger partial charge in [-0.2, -0.15) is 0 Å². The van der Waals surface area contributed by atoms with Crippen molar-refractivity contribution < 1.29 is 9.90 Å². The molecule has 3 rings (SSSR count). The molecule has 6 heteroatoms. The van der Waals surface area contributed by atoms with Crippen LogP contribution < -0.4 is 0 Å². The molecule has 0 amide bonds. The van der Waals surface area contributed by atoms with Crippen LogP contribution in [-0.4, -0.2) is 26.0 Å². The molecule has 0 saturated heterocycles. The van der Waals surface area contributed by atoms with E-state index < -0.39 is 5.97 Å². The van der Waals surface area contributed by atoms with Crippen LogP contribution in [0.5, 0.6) is 0 Å². The quantitative estimate of drug-likeness (QED) is 0.781. The number of fused-ring (bicyclic) bond motifs is 1. The van der Waals surface area contributed by atoms with Gasteiger partial charge in [0.15, 0.2) is 5.82 Å². The first kappa shape index (κ1) is 12.7. The molecular weight excluding hydrogens is 322 g/mol. The van der Waals surface area contributed by atoms with Crippen molar-refractivity contribution in [3.63, 3.8) is 0 Å². The standard InChI is InChI=1S/C14H8BrN3O2/c15-10-5-8-3-1-2-4-11(8)18-12(10)13-16-6-9(7-17-13)14(19)20/h1-7H,(H,19,20). The highest BCUT2D eigenvalue weighted by Gasteiger charge is 2.11. The Morgan fingerprint density at radius 1 is 1.15 bits per heavy atom. The zero-order chi connectivity index (χ0) is 14.1. The third-order valence-electron chi connectivity index (χ3n) is 2.79. The van der Waals surface area contributed by atoms with Gasteiger partial charge in [-0.05, 0) is 28.1 Å². The molecular formula is C14H8BrN3O2. The summed E-state index contributed by atoms with van der Waals surface area (Å²) in [5.74, 6) is -0.672. The van der Waals surface area contributed by atoms with Crippen LogP contribution in [-0.2, 0) is 0 Å². The molecule has 0 atom stereocenters. The van der Waals surface area contributed by atoms with Crippen LogP contribution in [0, 0.1) is 0 Å². The summed E-state index contributed by atoms with van der Waals surface area (Å²) >= 11 is 3.44. The molecule has 2 aromatic heterocycles. The zero-order valence-corrected chi connectivity index (χ0v) is 11.7. The third kappa shape index (κ3) is 2.25. The Morgan fingerprint density at radius 2 is 1.85 bits per heavy atom. The second-order valence-corrected chi connectivity index (χ2v) is 4.97. The van der Waals surface area contributed by atoms with Crippen LogP contribution in [0.1, 0.15) is 10.4 Å². The van der Waals surface area contributed by atoms with Gasteiger partial charge in [0, 0.05) is 22.3 Å². The molecule has 98 valence electrons. The monoisotopic (exact) mass is 329 g/mol. The highest BCUT2D eigenvalue weighted by Crippen LogP contribution is 2.27. The van der Waals surface area contributed by atoms with E-state index in [1.54, 1.807) is 0 Å². The number of carbonyl (C=O) groups is 1. The van der Waals surface area contributed by atoms with Gasteiger partial charge in [0.05, 0.1) is 11.1 Å². The summed E-state index contributed by atoms with van der Waals surface area (Å²) in [6.07, 6.45) is 2.54. The van der Waals surface area contributed by atoms with E-state index in [0.29, 0.717) is 11.5 Å². The molecule has 1 N–H and O–H groups in total. The van der Waals surface area contributed by atoms with Crippen molar-refractivity contribution in [2.45, 2.75) is 0 Å². The van der Waals surface area contributed by atoms with E-state index in [-0.39, 0.29) is 5.56 Å². The number of aromatic nitrogens is 3. The molecule has 0 saturated carbocycles. The number of carboxylic acid groups (broad SMARTS) is 1. The van der Waals surface area contributed by atoms with E-state index in [9.17, 15) is 4.79 Å². The summed E-state index contributed by atoms with van der Waals surface area (Å²) in [5.41, 5.74) is 1.46. The van der Waals surface area contributed by atoms with Crippen LogP contribution in [0.25, 0.3) is 22.4 Å². The van der Waals surface area contributed by atoms with Gasteiger partial charge in [0.25, 0.3) is 0 Å². The van der Waals surface area contributed by atoms with Gasteiger partial charge in [0.1, 0.15) is 5.69 Å². The van der Waals surface area contributed by atoms with Gasteiger partial charge in [-0.1, -0.05) is 18.2 Å². The first-order valence-corrected chi connectivity index (χ1v) is 6.55. The molecule has 0 aliphatic rings. The van der Waals surface area contributed by atoms with Crippen molar-refractivity contribution in [2.24, 2.45) is 0 Å². The summed E-state index contributed by atoms with van der Waals surface area (Å²) in [7, 11) is 0. The summed E-state index contributed by atoms with van der Waals surface area (Å²) in [4.78, 5) is 23.4. The first-order chi connectivity index (χ1) is 9.65. The number of pyridine rings is 1. The fraction of sp³-hybridized carbons (Fsp3) is 0. The van der Waals surface area contributed by atoms with Gasteiger partial charge in [-0.15, -0.1) is 0 Å². The number of benzene rings is 1. The van der Waals surface area contributed by atoms with Gasteiger partial charge >= 0.3 is 5.97 Å². The Bertz CT molecular complexity index is 803. The van der Waals surface area contributed by atoms with Crippen molar-refractivity contribution in [1.29, 1.82) is 0 Å². The molecule has 5 nitrogen and oxygen atoms in total. The van der Waals surface area contributed by atoms with Gasteiger partial charge in [-0.3, -0.25) is 0 Å². The SMILES string of the molecule is O=C(O)c1cnc(-c2nc3ccccc3cc2Br)nc1. The molecule has 0 radical (unpaired) electrons. The van der Waals surface area contributed by atoms with E-state index >= 15 is 0 Å². The minimum absolute atomic E-state index is 0.0469. The van der Waals surface area contributed by atoms with Crippen LogP contribution in [0.3, 0.4) is 0 Å². The first-order valence-electron chi connectivity index (χ1n) is 5.76. The molecule has 0 aliphatic heterocycles. The molecule has 1 aromatic carbocycles. The number of halogens is 1. The Hall–Kier alpha value is -2.34. The van der Waals surface area contributed by atoms with Crippen LogP contribution in [0.15, 0.2) is 47.2 Å². The second kappa shape index (κ2) is 4.97. The predicted molar refractivity (Wildman–Crippen MR) is 77.4 cm³/mol. The highest BCUT2D eigenvalue weighted by atomic mass is 79.9. The van der Waals surface area contributed by atoms with E-state index in [1.165, 1.54) is 12.4 Å². The van der Waals surface area contributed by atoms with E-state index in [1.807, 2.05) is 30.3 Å². The number of aromatic carboxylic acids is 1. The molecule has 0 unspecified atom stereocenters. The number of rotatable bonds is 2. The molecule has 2 heterocycles. The Labute approximate surface area is 122 Å². The molecule has 0 aliphatic carbocycles. The molecule has 0 bridgehead atoms. The van der Waals surface area contributed by atoms with Crippen molar-refractivity contribution in [3.05, 3.63) is 52.8 Å². The minimum atomic E-state index is -1.05. The molecule has 3 aromatic rings. The van der Waals surface area contributed by atoms with Gasteiger partial charge < -0.3 is 5.11 Å². The van der Waals surface area contributed by atoms with Gasteiger partial charge in [-0.25, -0.2) is 19.7 Å². The van der Waals surface area contributed by atoms with Crippen molar-refractivity contribution in [3.8, 4) is 11.5 Å². The molecule has 0 fully saturated rings. The minimum Gasteiger partial charge on any atom is -0.478 e. The number of nitrogens with zero attached hydrogens (tertiary/aromatic N) is 3. The maximum atomic E-state index is 10.8. The Kier molecular flexibility index (Phi) is 3.15. The fourth-order valence-electron chi connectivity index (χ4n) is 1.81. The fourth-order valence-corrected chi connectivity index (χ4v) is 2.32. The summed E-state index contributed by atoms with van der Waals surface area (Å²) < 4.78 is 0.763. The lowest BCUT2D eigenvalue weighted by Gasteiger charge is -2.05. The van der Waals surface area contributed by atoms with Crippen molar-refractivity contribution in [2.75, 3.05) is 0 Å².